The number of nitrogens with zero attached hydrogens (tertiary/aromatic N) is 2. The molecule has 0 spiro atoms. The van der Waals surface area contributed by atoms with Crippen molar-refractivity contribution in [3.8, 4) is 0 Å². The van der Waals surface area contributed by atoms with Crippen LogP contribution in [-0.2, 0) is 41.2 Å². The molecule has 0 fully saturated rings. The van der Waals surface area contributed by atoms with Crippen LogP contribution in [0.4, 0.5) is 17.1 Å². The molecule has 0 saturated heterocycles. The Hall–Kier alpha value is -3.92. The topological polar surface area (TPSA) is 169 Å². The van der Waals surface area contributed by atoms with E-state index in [-0.39, 0.29) is 15.7 Å². The third-order valence-electron chi connectivity index (χ3n) is 11.1. The molecular formula is C41H49N2O9S3+. The van der Waals surface area contributed by atoms with Gasteiger partial charge in [-0.15, -0.1) is 0 Å². The number of aryl methyl sites for hydroxylation is 1. The van der Waals surface area contributed by atoms with Crippen molar-refractivity contribution >= 4 is 63.9 Å². The van der Waals surface area contributed by atoms with Crippen LogP contribution in [0.15, 0.2) is 93.2 Å². The maximum atomic E-state index is 12.9. The number of benzene rings is 4. The molecule has 2 heterocycles. The second-order valence-corrected chi connectivity index (χ2v) is 19.9. The van der Waals surface area contributed by atoms with E-state index < -0.39 is 45.6 Å². The monoisotopic (exact) mass is 809 g/mol. The second-order valence-electron chi connectivity index (χ2n) is 15.6. The summed E-state index contributed by atoms with van der Waals surface area (Å²) in [6, 6.07) is 17.2. The van der Waals surface area contributed by atoms with Crippen LogP contribution in [0.5, 0.6) is 0 Å². The van der Waals surface area contributed by atoms with Crippen LogP contribution in [0.3, 0.4) is 0 Å². The molecule has 0 aliphatic carbocycles. The average Bonchev–Trinajstić information content (AvgIpc) is 3.44. The van der Waals surface area contributed by atoms with Gasteiger partial charge in [0.25, 0.3) is 30.4 Å². The quantitative estimate of drug-likeness (QED) is 0.0673. The van der Waals surface area contributed by atoms with E-state index in [4.69, 9.17) is 0 Å². The van der Waals surface area contributed by atoms with Gasteiger partial charge in [0.2, 0.25) is 5.69 Å². The summed E-state index contributed by atoms with van der Waals surface area (Å²) in [5, 5.41) is 0.216. The van der Waals surface area contributed by atoms with Gasteiger partial charge in [0, 0.05) is 46.7 Å². The highest BCUT2D eigenvalue weighted by Crippen LogP contribution is 2.55. The van der Waals surface area contributed by atoms with Crippen molar-refractivity contribution in [2.75, 3.05) is 11.4 Å². The molecule has 4 aromatic carbocycles. The van der Waals surface area contributed by atoms with Gasteiger partial charge in [0.1, 0.15) is 11.4 Å². The molecule has 14 heteroatoms. The standard InChI is InChI=1S/C41H48N2O9S3/c1-7-8-12-22-42-34-21-18-27(2)23-33(34)40(3,4)37(42)16-10-9-11-17-38-41(5,6)39-31-20-19-30(54(47,48)49)25-32(31)36(55(50,51)52)26-35(39)43(38)28-14-13-15-29(24-28)53(44,45)46/h13-15,17-21,23-26H,7-12,16,22H2,1-6H3,(H2-,44,45,46,47,48,49,50,51,52)/p+1. The van der Waals surface area contributed by atoms with E-state index in [2.05, 4.69) is 50.5 Å². The van der Waals surface area contributed by atoms with Gasteiger partial charge in [-0.3, -0.25) is 13.7 Å². The Morgan fingerprint density at radius 3 is 2.07 bits per heavy atom. The number of allylic oxidation sites excluding steroid dienone is 2. The zero-order valence-electron chi connectivity index (χ0n) is 32.0. The molecular weight excluding hydrogens is 761 g/mol. The molecule has 0 saturated carbocycles. The summed E-state index contributed by atoms with van der Waals surface area (Å²) >= 11 is 0. The molecule has 0 atom stereocenters. The Kier molecular flexibility index (Phi) is 10.8. The first-order valence-corrected chi connectivity index (χ1v) is 22.8. The molecule has 6 rings (SSSR count). The van der Waals surface area contributed by atoms with Gasteiger partial charge in [-0.05, 0) is 99.9 Å². The number of unbranched alkanes of at least 4 members (excludes halogenated alkanes) is 4. The highest BCUT2D eigenvalue weighted by atomic mass is 32.2. The van der Waals surface area contributed by atoms with Crippen LogP contribution < -0.4 is 4.90 Å². The number of fused-ring (bicyclic) bond motifs is 4. The molecule has 0 amide bonds. The fourth-order valence-corrected chi connectivity index (χ4v) is 10.2. The van der Waals surface area contributed by atoms with Crippen molar-refractivity contribution in [1.82, 2.24) is 0 Å². The molecule has 2 aliphatic rings. The van der Waals surface area contributed by atoms with Crippen LogP contribution in [-0.4, -0.2) is 55.7 Å². The summed E-state index contributed by atoms with van der Waals surface area (Å²) < 4.78 is 107. The molecule has 2 aliphatic heterocycles. The fraction of sp³-hybridized carbons (Fsp3) is 0.390. The number of hydrogen-bond acceptors (Lipinski definition) is 7. The second kappa shape index (κ2) is 14.5. The van der Waals surface area contributed by atoms with Crippen molar-refractivity contribution in [2.24, 2.45) is 0 Å². The Morgan fingerprint density at radius 1 is 0.727 bits per heavy atom. The fourth-order valence-electron chi connectivity index (χ4n) is 8.43. The SMILES string of the molecule is CCCCC[N+]1=C(CCCCC=C2N(c3cccc(S(=O)(=O)O)c3)c3cc(S(=O)(=O)O)c4cc(S(=O)(=O)O)ccc4c3C2(C)C)C(C)(C)c2cc(C)ccc21. The van der Waals surface area contributed by atoms with Gasteiger partial charge in [0.15, 0.2) is 5.71 Å². The first-order valence-electron chi connectivity index (χ1n) is 18.5. The first-order chi connectivity index (χ1) is 25.6. The Bertz CT molecular complexity index is 2610. The van der Waals surface area contributed by atoms with Gasteiger partial charge in [-0.25, -0.2) is 0 Å². The minimum absolute atomic E-state index is 0.103. The van der Waals surface area contributed by atoms with Gasteiger partial charge in [-0.2, -0.15) is 29.8 Å². The van der Waals surface area contributed by atoms with Crippen molar-refractivity contribution in [3.63, 3.8) is 0 Å². The molecule has 4 aromatic rings. The summed E-state index contributed by atoms with van der Waals surface area (Å²) in [4.78, 5) is 0.230. The average molecular weight is 810 g/mol. The highest BCUT2D eigenvalue weighted by molar-refractivity contribution is 7.86. The lowest BCUT2D eigenvalue weighted by Gasteiger charge is -2.28. The van der Waals surface area contributed by atoms with Gasteiger partial charge in [-0.1, -0.05) is 57.0 Å². The molecule has 0 bridgehead atoms. The van der Waals surface area contributed by atoms with Gasteiger partial charge in [0.05, 0.1) is 20.9 Å². The third-order valence-corrected chi connectivity index (χ3v) is 13.7. The number of hydrogen-bond donors (Lipinski definition) is 3. The molecule has 11 nitrogen and oxygen atoms in total. The van der Waals surface area contributed by atoms with E-state index in [9.17, 15) is 38.9 Å². The minimum Gasteiger partial charge on any atom is -0.313 e. The van der Waals surface area contributed by atoms with E-state index in [1.807, 2.05) is 19.9 Å². The predicted octanol–water partition coefficient (Wildman–Crippen LogP) is 9.03. The van der Waals surface area contributed by atoms with E-state index in [0.717, 1.165) is 51.1 Å². The Labute approximate surface area is 324 Å². The summed E-state index contributed by atoms with van der Waals surface area (Å²) in [5.74, 6) is 0. The van der Waals surface area contributed by atoms with Crippen LogP contribution in [0.25, 0.3) is 10.8 Å². The third kappa shape index (κ3) is 7.64. The molecule has 0 aromatic heterocycles. The highest BCUT2D eigenvalue weighted by Gasteiger charge is 2.46. The Balaban J connectivity index is 1.42. The lowest BCUT2D eigenvalue weighted by molar-refractivity contribution is -0.440. The minimum atomic E-state index is -4.95. The summed E-state index contributed by atoms with van der Waals surface area (Å²) in [5.41, 5.74) is 6.18. The zero-order chi connectivity index (χ0) is 40.3. The summed E-state index contributed by atoms with van der Waals surface area (Å²) in [6.07, 6.45) is 8.64. The smallest absolute Gasteiger partial charge is 0.295 e. The number of rotatable bonds is 13. The van der Waals surface area contributed by atoms with E-state index >= 15 is 0 Å². The maximum absolute atomic E-state index is 12.9. The van der Waals surface area contributed by atoms with E-state index in [1.165, 1.54) is 58.9 Å². The van der Waals surface area contributed by atoms with E-state index in [1.54, 1.807) is 11.0 Å². The number of anilines is 2. The first kappa shape index (κ1) is 40.7. The van der Waals surface area contributed by atoms with Crippen LogP contribution in [0, 0.1) is 6.92 Å². The largest absolute Gasteiger partial charge is 0.313 e. The Morgan fingerprint density at radius 2 is 1.42 bits per heavy atom. The maximum Gasteiger partial charge on any atom is 0.295 e. The lowest BCUT2D eigenvalue weighted by Crippen LogP contribution is -2.29. The lowest BCUT2D eigenvalue weighted by atomic mass is 9.79. The van der Waals surface area contributed by atoms with Gasteiger partial charge >= 0.3 is 0 Å². The van der Waals surface area contributed by atoms with Crippen molar-refractivity contribution in [1.29, 1.82) is 0 Å². The van der Waals surface area contributed by atoms with Crippen molar-refractivity contribution in [2.45, 2.75) is 112 Å². The summed E-state index contributed by atoms with van der Waals surface area (Å²) in [6.45, 7) is 13.7. The molecule has 0 unspecified atom stereocenters. The van der Waals surface area contributed by atoms with Crippen LogP contribution in [0.1, 0.15) is 96.3 Å². The normalized spacial score (nSPS) is 17.3. The molecule has 0 radical (unpaired) electrons. The molecule has 294 valence electrons. The molecule has 55 heavy (non-hydrogen) atoms. The van der Waals surface area contributed by atoms with E-state index in [0.29, 0.717) is 34.4 Å². The van der Waals surface area contributed by atoms with Crippen LogP contribution in [0.2, 0.25) is 0 Å². The predicted molar refractivity (Wildman–Crippen MR) is 215 cm³/mol. The zero-order valence-corrected chi connectivity index (χ0v) is 34.4. The van der Waals surface area contributed by atoms with Crippen molar-refractivity contribution in [3.05, 3.63) is 95.2 Å². The molecule has 3 N–H and O–H groups in total. The van der Waals surface area contributed by atoms with Gasteiger partial charge < -0.3 is 4.90 Å². The summed E-state index contributed by atoms with van der Waals surface area (Å²) in [7, 11) is -14.3. The van der Waals surface area contributed by atoms with Crippen LogP contribution >= 0.6 is 0 Å². The van der Waals surface area contributed by atoms with Crippen molar-refractivity contribution < 1.29 is 43.5 Å².